The fourth-order valence-electron chi connectivity index (χ4n) is 4.88. The second-order valence-corrected chi connectivity index (χ2v) is 13.9. The topological polar surface area (TPSA) is 142 Å². The number of aryl methyl sites for hydroxylation is 1. The van der Waals surface area contributed by atoms with Crippen LogP contribution in [0.25, 0.3) is 10.2 Å². The molecule has 0 spiro atoms. The highest BCUT2D eigenvalue weighted by atomic mass is 32.2. The summed E-state index contributed by atoms with van der Waals surface area (Å²) in [6.45, 7) is 2.52. The molecule has 1 saturated heterocycles. The second kappa shape index (κ2) is 11.4. The van der Waals surface area contributed by atoms with Gasteiger partial charge in [-0.25, -0.2) is 23.2 Å². The third-order valence-corrected chi connectivity index (χ3v) is 11.3. The molecule has 5 aromatic rings. The van der Waals surface area contributed by atoms with E-state index >= 15 is 0 Å². The number of carbonyl (C=O) groups is 1. The number of anilines is 4. The number of thiazole rings is 2. The Bertz CT molecular complexity index is 1830. The van der Waals surface area contributed by atoms with Crippen LogP contribution in [-0.2, 0) is 10.0 Å². The van der Waals surface area contributed by atoms with Gasteiger partial charge in [-0.1, -0.05) is 41.7 Å². The van der Waals surface area contributed by atoms with Gasteiger partial charge in [0.2, 0.25) is 10.0 Å². The molecule has 0 saturated carbocycles. The first-order valence-electron chi connectivity index (χ1n) is 13.2. The maximum absolute atomic E-state index is 13.0. The molecule has 6 rings (SSSR count). The second-order valence-electron chi connectivity index (χ2n) is 9.91. The molecule has 14 heteroatoms. The summed E-state index contributed by atoms with van der Waals surface area (Å²) >= 11 is 2.82. The van der Waals surface area contributed by atoms with Crippen LogP contribution >= 0.6 is 22.7 Å². The van der Waals surface area contributed by atoms with E-state index in [0.717, 1.165) is 15.8 Å². The number of fused-ring (bicyclic) bond motifs is 1. The number of rotatable bonds is 8. The molecule has 4 heterocycles. The number of benzene rings is 2. The Kier molecular flexibility index (Phi) is 7.62. The Hall–Kier alpha value is -3.98. The number of carboxylic acids is 1. The Morgan fingerprint density at radius 3 is 2.43 bits per heavy atom. The van der Waals surface area contributed by atoms with Gasteiger partial charge in [-0.15, -0.1) is 21.5 Å². The Balaban J connectivity index is 1.18. The minimum Gasteiger partial charge on any atom is -0.476 e. The molecule has 1 aliphatic rings. The van der Waals surface area contributed by atoms with Crippen LogP contribution in [0.1, 0.15) is 39.7 Å². The summed E-state index contributed by atoms with van der Waals surface area (Å²) in [6.07, 6.45) is 1.01. The van der Waals surface area contributed by atoms with Gasteiger partial charge in [-0.2, -0.15) is 4.31 Å². The van der Waals surface area contributed by atoms with Crippen molar-refractivity contribution in [2.24, 2.45) is 0 Å². The highest BCUT2D eigenvalue weighted by Crippen LogP contribution is 2.40. The molecule has 42 heavy (non-hydrogen) atoms. The average molecular weight is 622 g/mol. The number of carboxylic acid groups (broad SMARTS) is 1. The molecule has 2 N–H and O–H groups in total. The van der Waals surface area contributed by atoms with Crippen LogP contribution in [-0.4, -0.2) is 64.1 Å². The van der Waals surface area contributed by atoms with E-state index in [1.165, 1.54) is 27.0 Å². The fraction of sp³-hybridized carbons (Fsp3) is 0.250. The molecule has 216 valence electrons. The van der Waals surface area contributed by atoms with Crippen molar-refractivity contribution in [1.82, 2.24) is 24.5 Å². The van der Waals surface area contributed by atoms with Crippen molar-refractivity contribution in [3.8, 4) is 0 Å². The van der Waals surface area contributed by atoms with Crippen LogP contribution in [0.15, 0.2) is 65.6 Å². The maximum Gasteiger partial charge on any atom is 0.355 e. The van der Waals surface area contributed by atoms with Crippen molar-refractivity contribution >= 4 is 70.8 Å². The monoisotopic (exact) mass is 621 g/mol. The summed E-state index contributed by atoms with van der Waals surface area (Å²) in [4.78, 5) is 23.8. The van der Waals surface area contributed by atoms with Gasteiger partial charge in [-0.3, -0.25) is 0 Å². The molecule has 2 aromatic carbocycles. The summed E-state index contributed by atoms with van der Waals surface area (Å²) in [5.74, 6) is -0.137. The number of hydrogen-bond donors (Lipinski definition) is 2. The highest BCUT2D eigenvalue weighted by Gasteiger charge is 2.33. The van der Waals surface area contributed by atoms with E-state index in [2.05, 4.69) is 25.5 Å². The van der Waals surface area contributed by atoms with Crippen molar-refractivity contribution in [3.05, 3.63) is 76.8 Å². The van der Waals surface area contributed by atoms with E-state index in [1.807, 2.05) is 37.3 Å². The smallest absolute Gasteiger partial charge is 0.355 e. The molecular weight excluding hydrogens is 595 g/mol. The van der Waals surface area contributed by atoms with Gasteiger partial charge in [0, 0.05) is 25.0 Å². The van der Waals surface area contributed by atoms with E-state index in [-0.39, 0.29) is 16.5 Å². The van der Waals surface area contributed by atoms with Crippen LogP contribution in [0.5, 0.6) is 0 Å². The first-order chi connectivity index (χ1) is 20.2. The van der Waals surface area contributed by atoms with Gasteiger partial charge >= 0.3 is 5.97 Å². The van der Waals surface area contributed by atoms with Gasteiger partial charge in [0.25, 0.3) is 0 Å². The van der Waals surface area contributed by atoms with Crippen LogP contribution < -0.4 is 10.2 Å². The molecule has 1 aliphatic heterocycles. The normalized spacial score (nSPS) is 14.7. The lowest BCUT2D eigenvalue weighted by atomic mass is 9.95. The third kappa shape index (κ3) is 5.45. The lowest BCUT2D eigenvalue weighted by molar-refractivity contribution is 0.0689. The van der Waals surface area contributed by atoms with Crippen molar-refractivity contribution < 1.29 is 18.3 Å². The summed E-state index contributed by atoms with van der Waals surface area (Å²) in [6, 6.07) is 18.1. The van der Waals surface area contributed by atoms with Crippen LogP contribution in [0, 0.1) is 6.92 Å². The van der Waals surface area contributed by atoms with Gasteiger partial charge in [0.1, 0.15) is 0 Å². The van der Waals surface area contributed by atoms with E-state index in [0.29, 0.717) is 52.7 Å². The summed E-state index contributed by atoms with van der Waals surface area (Å²) < 4.78 is 28.6. The van der Waals surface area contributed by atoms with Gasteiger partial charge in [-0.05, 0) is 61.6 Å². The Morgan fingerprint density at radius 2 is 1.74 bits per heavy atom. The third-order valence-electron chi connectivity index (χ3n) is 7.17. The van der Waals surface area contributed by atoms with Crippen LogP contribution in [0.4, 0.5) is 21.9 Å². The molecule has 0 atom stereocenters. The Morgan fingerprint density at radius 1 is 1.02 bits per heavy atom. The largest absolute Gasteiger partial charge is 0.476 e. The molecule has 0 aliphatic carbocycles. The summed E-state index contributed by atoms with van der Waals surface area (Å²) in [5, 5.41) is 23.1. The first-order valence-corrected chi connectivity index (χ1v) is 16.3. The van der Waals surface area contributed by atoms with Crippen LogP contribution in [0.3, 0.4) is 0 Å². The molecule has 1 fully saturated rings. The number of nitrogens with zero attached hydrogens (tertiary/aromatic N) is 6. The number of aromatic nitrogens is 4. The fourth-order valence-corrected chi connectivity index (χ4v) is 8.43. The standard InChI is InChI=1S/C28H27N7O4S3/c1-17-16-22(32-33-25(17)31-27-29-20-10-6-7-11-21(20)40-27)34(2)28-30-23(26(36)37)24(41-28)18-12-14-35(15-13-18)42(38,39)19-8-4-3-5-9-19/h3-11,16,18H,12-15H2,1-2H3,(H,36,37)(H,29,31,33). The molecule has 11 nitrogen and oxygen atoms in total. The highest BCUT2D eigenvalue weighted by molar-refractivity contribution is 7.89. The zero-order valence-corrected chi connectivity index (χ0v) is 25.2. The zero-order valence-electron chi connectivity index (χ0n) is 22.8. The minimum absolute atomic E-state index is 0.00924. The van der Waals surface area contributed by atoms with Crippen molar-refractivity contribution in [2.45, 2.75) is 30.6 Å². The van der Waals surface area contributed by atoms with Gasteiger partial charge in [0.15, 0.2) is 27.6 Å². The number of nitrogens with one attached hydrogen (secondary N) is 1. The van der Waals surface area contributed by atoms with Gasteiger partial charge in [0.05, 0.1) is 15.1 Å². The van der Waals surface area contributed by atoms with E-state index in [9.17, 15) is 18.3 Å². The maximum atomic E-state index is 13.0. The minimum atomic E-state index is -3.60. The first kappa shape index (κ1) is 28.2. The van der Waals surface area contributed by atoms with E-state index in [1.54, 1.807) is 42.3 Å². The molecule has 0 unspecified atom stereocenters. The van der Waals surface area contributed by atoms with Crippen molar-refractivity contribution in [3.63, 3.8) is 0 Å². The van der Waals surface area contributed by atoms with E-state index < -0.39 is 16.0 Å². The molecule has 0 bridgehead atoms. The lowest BCUT2D eigenvalue weighted by Gasteiger charge is -2.30. The zero-order chi connectivity index (χ0) is 29.4. The summed E-state index contributed by atoms with van der Waals surface area (Å²) in [7, 11) is -1.83. The Labute approximate surface area is 250 Å². The van der Waals surface area contributed by atoms with Crippen molar-refractivity contribution in [2.75, 3.05) is 30.4 Å². The van der Waals surface area contributed by atoms with Crippen molar-refractivity contribution in [1.29, 1.82) is 0 Å². The lowest BCUT2D eigenvalue weighted by Crippen LogP contribution is -2.37. The number of aromatic carboxylic acids is 1. The quantitative estimate of drug-likeness (QED) is 0.224. The van der Waals surface area contributed by atoms with E-state index in [4.69, 9.17) is 0 Å². The number of sulfonamides is 1. The molecule has 3 aromatic heterocycles. The molecule has 0 radical (unpaired) electrons. The molecular formula is C28H27N7O4S3. The number of piperidine rings is 1. The predicted molar refractivity (Wildman–Crippen MR) is 164 cm³/mol. The average Bonchev–Trinajstić information content (AvgIpc) is 3.63. The summed E-state index contributed by atoms with van der Waals surface area (Å²) in [5.41, 5.74) is 1.74. The predicted octanol–water partition coefficient (Wildman–Crippen LogP) is 5.63. The molecule has 0 amide bonds. The van der Waals surface area contributed by atoms with Crippen LogP contribution in [0.2, 0.25) is 0 Å². The number of para-hydroxylation sites is 1. The SMILES string of the molecule is Cc1cc(N(C)c2nc(C(=O)O)c(C3CCN(S(=O)(=O)c4ccccc4)CC3)s2)nnc1Nc1nc2ccccc2s1. The number of hydrogen-bond acceptors (Lipinski definition) is 11. The van der Waals surface area contributed by atoms with Gasteiger partial charge < -0.3 is 15.3 Å².